The number of hydrogen-bond acceptors (Lipinski definition) is 4. The summed E-state index contributed by atoms with van der Waals surface area (Å²) in [6.45, 7) is 2.51. The Kier molecular flexibility index (Phi) is 5.35. The zero-order valence-electron chi connectivity index (χ0n) is 11.8. The molecule has 0 atom stereocenters. The zero-order chi connectivity index (χ0) is 15.1. The standard InChI is InChI=1S/C16H17ClN4/c1-2-5-14(10-18)21(15-7-4-8-19-11-15)12-13-6-3-9-20-16(13)17/h2-11H,12,18H2,1H3/b5-2-,14-10+. The molecule has 0 aliphatic rings. The molecule has 0 radical (unpaired) electrons. The highest BCUT2D eigenvalue weighted by atomic mass is 35.5. The van der Waals surface area contributed by atoms with Gasteiger partial charge in [-0.15, -0.1) is 0 Å². The van der Waals surface area contributed by atoms with Gasteiger partial charge in [0.1, 0.15) is 5.15 Å². The van der Waals surface area contributed by atoms with E-state index in [0.29, 0.717) is 11.7 Å². The molecule has 0 saturated carbocycles. The van der Waals surface area contributed by atoms with Gasteiger partial charge in [-0.2, -0.15) is 0 Å². The van der Waals surface area contributed by atoms with Crippen LogP contribution >= 0.6 is 11.6 Å². The van der Waals surface area contributed by atoms with Crippen molar-refractivity contribution in [2.45, 2.75) is 13.5 Å². The van der Waals surface area contributed by atoms with Crippen LogP contribution in [0.5, 0.6) is 0 Å². The summed E-state index contributed by atoms with van der Waals surface area (Å²) in [7, 11) is 0. The molecule has 2 aromatic rings. The Morgan fingerprint density at radius 3 is 2.76 bits per heavy atom. The smallest absolute Gasteiger partial charge is 0.133 e. The third-order valence-corrected chi connectivity index (χ3v) is 3.28. The van der Waals surface area contributed by atoms with E-state index in [1.807, 2.05) is 48.2 Å². The van der Waals surface area contributed by atoms with E-state index in [0.717, 1.165) is 16.9 Å². The molecule has 2 heterocycles. The fraction of sp³-hybridized carbons (Fsp3) is 0.125. The second-order valence-electron chi connectivity index (χ2n) is 4.34. The Labute approximate surface area is 129 Å². The average molecular weight is 301 g/mol. The first kappa shape index (κ1) is 15.1. The van der Waals surface area contributed by atoms with E-state index in [1.54, 1.807) is 24.8 Å². The lowest BCUT2D eigenvalue weighted by molar-refractivity contribution is 0.917. The van der Waals surface area contributed by atoms with Crippen LogP contribution in [0.15, 0.2) is 66.9 Å². The molecular weight excluding hydrogens is 284 g/mol. The Bertz CT molecular complexity index is 638. The van der Waals surface area contributed by atoms with Gasteiger partial charge in [0, 0.05) is 24.2 Å². The zero-order valence-corrected chi connectivity index (χ0v) is 12.5. The van der Waals surface area contributed by atoms with Gasteiger partial charge >= 0.3 is 0 Å². The summed E-state index contributed by atoms with van der Waals surface area (Å²) >= 11 is 6.16. The van der Waals surface area contributed by atoms with Gasteiger partial charge in [-0.05, 0) is 31.2 Å². The van der Waals surface area contributed by atoms with Crippen molar-refractivity contribution in [1.29, 1.82) is 0 Å². The molecule has 2 N–H and O–H groups in total. The van der Waals surface area contributed by atoms with Crippen molar-refractivity contribution in [1.82, 2.24) is 9.97 Å². The van der Waals surface area contributed by atoms with Gasteiger partial charge in [0.25, 0.3) is 0 Å². The van der Waals surface area contributed by atoms with E-state index < -0.39 is 0 Å². The molecule has 0 spiro atoms. The number of rotatable bonds is 5. The number of halogens is 1. The van der Waals surface area contributed by atoms with Crippen LogP contribution < -0.4 is 10.6 Å². The molecule has 5 heteroatoms. The van der Waals surface area contributed by atoms with Gasteiger partial charge in [-0.1, -0.05) is 23.7 Å². The number of anilines is 1. The maximum atomic E-state index is 6.16. The quantitative estimate of drug-likeness (QED) is 0.678. The first-order valence-corrected chi connectivity index (χ1v) is 6.95. The molecule has 2 rings (SSSR count). The first-order valence-electron chi connectivity index (χ1n) is 6.57. The van der Waals surface area contributed by atoms with Crippen LogP contribution in [0.4, 0.5) is 5.69 Å². The van der Waals surface area contributed by atoms with E-state index in [1.165, 1.54) is 0 Å². The molecule has 108 valence electrons. The molecule has 4 nitrogen and oxygen atoms in total. The summed E-state index contributed by atoms with van der Waals surface area (Å²) in [6, 6.07) is 7.67. The predicted octanol–water partition coefficient (Wildman–Crippen LogP) is 3.51. The van der Waals surface area contributed by atoms with Gasteiger partial charge in [-0.3, -0.25) is 4.98 Å². The number of hydrogen-bond donors (Lipinski definition) is 1. The van der Waals surface area contributed by atoms with E-state index >= 15 is 0 Å². The van der Waals surface area contributed by atoms with Gasteiger partial charge < -0.3 is 10.6 Å². The van der Waals surface area contributed by atoms with Crippen molar-refractivity contribution in [3.63, 3.8) is 0 Å². The van der Waals surface area contributed by atoms with Crippen LogP contribution in [-0.2, 0) is 6.54 Å². The van der Waals surface area contributed by atoms with Crippen LogP contribution in [-0.4, -0.2) is 9.97 Å². The lowest BCUT2D eigenvalue weighted by Crippen LogP contribution is -2.22. The fourth-order valence-corrected chi connectivity index (χ4v) is 2.14. The number of allylic oxidation sites excluding steroid dienone is 2. The van der Waals surface area contributed by atoms with Crippen molar-refractivity contribution in [3.05, 3.63) is 77.6 Å². The first-order chi connectivity index (χ1) is 10.3. The maximum Gasteiger partial charge on any atom is 0.133 e. The monoisotopic (exact) mass is 300 g/mol. The van der Waals surface area contributed by atoms with E-state index in [4.69, 9.17) is 17.3 Å². The minimum absolute atomic E-state index is 0.489. The molecule has 2 aromatic heterocycles. The van der Waals surface area contributed by atoms with E-state index in [-0.39, 0.29) is 0 Å². The van der Waals surface area contributed by atoms with Crippen molar-refractivity contribution < 1.29 is 0 Å². The van der Waals surface area contributed by atoms with Gasteiger partial charge in [0.05, 0.1) is 24.1 Å². The molecule has 0 unspecified atom stereocenters. The summed E-state index contributed by atoms with van der Waals surface area (Å²) in [5, 5.41) is 0.489. The lowest BCUT2D eigenvalue weighted by Gasteiger charge is -2.25. The highest BCUT2D eigenvalue weighted by Crippen LogP contribution is 2.23. The molecule has 0 aliphatic heterocycles. The predicted molar refractivity (Wildman–Crippen MR) is 86.8 cm³/mol. The highest BCUT2D eigenvalue weighted by molar-refractivity contribution is 6.30. The third-order valence-electron chi connectivity index (χ3n) is 2.94. The molecule has 0 amide bonds. The SMILES string of the molecule is C/C=C\C(=C/N)N(Cc1cccnc1Cl)c1cccnc1. The Balaban J connectivity index is 2.39. The second-order valence-corrected chi connectivity index (χ2v) is 4.70. The van der Waals surface area contributed by atoms with Gasteiger partial charge in [0.2, 0.25) is 0 Å². The Morgan fingerprint density at radius 1 is 1.33 bits per heavy atom. The molecule has 0 saturated heterocycles. The van der Waals surface area contributed by atoms with Crippen molar-refractivity contribution >= 4 is 17.3 Å². The molecule has 0 aromatic carbocycles. The third kappa shape index (κ3) is 3.83. The number of nitrogens with zero attached hydrogens (tertiary/aromatic N) is 3. The van der Waals surface area contributed by atoms with E-state index in [2.05, 4.69) is 9.97 Å². The van der Waals surface area contributed by atoms with Gasteiger partial charge in [0.15, 0.2) is 0 Å². The van der Waals surface area contributed by atoms with Crippen LogP contribution in [0.25, 0.3) is 0 Å². The minimum atomic E-state index is 0.489. The second kappa shape index (κ2) is 7.45. The molecule has 0 fully saturated rings. The molecular formula is C16H17ClN4. The van der Waals surface area contributed by atoms with Crippen LogP contribution in [0.3, 0.4) is 0 Å². The summed E-state index contributed by atoms with van der Waals surface area (Å²) in [5.74, 6) is 0. The highest BCUT2D eigenvalue weighted by Gasteiger charge is 2.13. The van der Waals surface area contributed by atoms with Crippen LogP contribution in [0.2, 0.25) is 5.15 Å². The van der Waals surface area contributed by atoms with Crippen LogP contribution in [0.1, 0.15) is 12.5 Å². The molecule has 21 heavy (non-hydrogen) atoms. The largest absolute Gasteiger partial charge is 0.403 e. The Morgan fingerprint density at radius 2 is 2.14 bits per heavy atom. The summed E-state index contributed by atoms with van der Waals surface area (Å²) in [6.07, 6.45) is 10.6. The fourth-order valence-electron chi connectivity index (χ4n) is 1.96. The van der Waals surface area contributed by atoms with Crippen molar-refractivity contribution in [2.75, 3.05) is 4.90 Å². The van der Waals surface area contributed by atoms with Crippen LogP contribution in [0, 0.1) is 0 Å². The normalized spacial score (nSPS) is 11.8. The lowest BCUT2D eigenvalue weighted by atomic mass is 10.2. The summed E-state index contributed by atoms with van der Waals surface area (Å²) < 4.78 is 0. The molecule has 0 bridgehead atoms. The minimum Gasteiger partial charge on any atom is -0.403 e. The number of nitrogens with two attached hydrogens (primary N) is 1. The van der Waals surface area contributed by atoms with Gasteiger partial charge in [-0.25, -0.2) is 4.98 Å². The average Bonchev–Trinajstić information content (AvgIpc) is 2.53. The molecule has 0 aliphatic carbocycles. The van der Waals surface area contributed by atoms with E-state index in [9.17, 15) is 0 Å². The summed E-state index contributed by atoms with van der Waals surface area (Å²) in [5.41, 5.74) is 8.49. The Hall–Kier alpha value is -2.33. The summed E-state index contributed by atoms with van der Waals surface area (Å²) in [4.78, 5) is 10.3. The number of aromatic nitrogens is 2. The number of pyridine rings is 2. The van der Waals surface area contributed by atoms with Crippen molar-refractivity contribution in [3.8, 4) is 0 Å². The maximum absolute atomic E-state index is 6.16. The van der Waals surface area contributed by atoms with Crippen molar-refractivity contribution in [2.24, 2.45) is 5.73 Å². The topological polar surface area (TPSA) is 55.0 Å².